The van der Waals surface area contributed by atoms with Crippen molar-refractivity contribution in [1.29, 1.82) is 0 Å². The van der Waals surface area contributed by atoms with Gasteiger partial charge in [-0.2, -0.15) is 0 Å². The number of nitrogens with one attached hydrogen (secondary N) is 3. The van der Waals surface area contributed by atoms with Crippen LogP contribution in [-0.4, -0.2) is 36.9 Å². The number of nitro groups is 1. The van der Waals surface area contributed by atoms with Crippen LogP contribution in [0.15, 0.2) is 49.3 Å². The van der Waals surface area contributed by atoms with Gasteiger partial charge in [-0.05, 0) is 30.7 Å². The van der Waals surface area contributed by atoms with Gasteiger partial charge in [0.05, 0.1) is 11.3 Å². The highest BCUT2D eigenvalue weighted by Gasteiger charge is 2.23. The van der Waals surface area contributed by atoms with Crippen molar-refractivity contribution in [1.82, 2.24) is 24.9 Å². The lowest BCUT2D eigenvalue weighted by atomic mass is 10.2. The third kappa shape index (κ3) is 5.39. The van der Waals surface area contributed by atoms with E-state index in [4.69, 9.17) is 11.6 Å². The highest BCUT2D eigenvalue weighted by Crippen LogP contribution is 2.28. The summed E-state index contributed by atoms with van der Waals surface area (Å²) >= 11 is 5.79. The van der Waals surface area contributed by atoms with Gasteiger partial charge in [0.1, 0.15) is 6.33 Å². The van der Waals surface area contributed by atoms with Gasteiger partial charge in [-0.3, -0.25) is 25.8 Å². The monoisotopic (exact) mass is 416 g/mol. The van der Waals surface area contributed by atoms with Crippen molar-refractivity contribution in [3.63, 3.8) is 0 Å². The Kier molecular flexibility index (Phi) is 6.53. The van der Waals surface area contributed by atoms with Crippen molar-refractivity contribution in [3.05, 3.63) is 70.0 Å². The van der Waals surface area contributed by atoms with E-state index in [2.05, 4.69) is 31.1 Å². The number of rotatable bonds is 9. The summed E-state index contributed by atoms with van der Waals surface area (Å²) in [5.74, 6) is -0.576. The van der Waals surface area contributed by atoms with Gasteiger partial charge in [0.25, 0.3) is 5.91 Å². The maximum absolute atomic E-state index is 12.2. The van der Waals surface area contributed by atoms with E-state index in [1.54, 1.807) is 24.7 Å². The van der Waals surface area contributed by atoms with Crippen molar-refractivity contribution >= 4 is 34.8 Å². The zero-order valence-corrected chi connectivity index (χ0v) is 15.8. The van der Waals surface area contributed by atoms with Crippen LogP contribution in [0.3, 0.4) is 0 Å². The molecule has 0 saturated heterocycles. The minimum Gasteiger partial charge on any atom is -0.364 e. The van der Waals surface area contributed by atoms with Crippen molar-refractivity contribution in [2.45, 2.75) is 13.0 Å². The number of hydrogen-bond donors (Lipinski definition) is 3. The van der Waals surface area contributed by atoms with Crippen LogP contribution < -0.4 is 16.2 Å². The van der Waals surface area contributed by atoms with Crippen molar-refractivity contribution in [3.8, 4) is 0 Å². The van der Waals surface area contributed by atoms with E-state index in [1.807, 2.05) is 10.8 Å². The molecule has 0 saturated carbocycles. The van der Waals surface area contributed by atoms with Gasteiger partial charge < -0.3 is 9.88 Å². The molecule has 0 radical (unpaired) electrons. The molecule has 11 nitrogen and oxygen atoms in total. The summed E-state index contributed by atoms with van der Waals surface area (Å²) in [5, 5.41) is 14.9. The molecule has 150 valence electrons. The molecule has 0 aliphatic rings. The molecule has 1 amide bonds. The number of benzene rings is 1. The summed E-state index contributed by atoms with van der Waals surface area (Å²) in [6.45, 7) is 1.15. The van der Waals surface area contributed by atoms with E-state index in [9.17, 15) is 14.9 Å². The summed E-state index contributed by atoms with van der Waals surface area (Å²) in [4.78, 5) is 34.8. The van der Waals surface area contributed by atoms with E-state index >= 15 is 0 Å². The Balaban J connectivity index is 1.63. The zero-order chi connectivity index (χ0) is 20.6. The Morgan fingerprint density at radius 2 is 1.97 bits per heavy atom. The molecule has 2 heterocycles. The fraction of sp³-hybridized carbons (Fsp3) is 0.176. The Bertz CT molecular complexity index is 979. The predicted molar refractivity (Wildman–Crippen MR) is 107 cm³/mol. The maximum Gasteiger partial charge on any atom is 0.354 e. The van der Waals surface area contributed by atoms with E-state index in [-0.39, 0.29) is 17.3 Å². The van der Waals surface area contributed by atoms with Crippen LogP contribution in [0.2, 0.25) is 5.02 Å². The quantitative estimate of drug-likeness (QED) is 0.274. The van der Waals surface area contributed by atoms with E-state index in [0.717, 1.165) is 0 Å². The number of carbonyl (C=O) groups excluding carboxylic acids is 1. The summed E-state index contributed by atoms with van der Waals surface area (Å²) in [6, 6.07) is 6.19. The first-order valence-corrected chi connectivity index (χ1v) is 8.93. The van der Waals surface area contributed by atoms with Gasteiger partial charge in [-0.25, -0.2) is 15.0 Å². The number of imidazole rings is 1. The molecule has 3 aromatic rings. The number of aryl methyl sites for hydroxylation is 1. The first kappa shape index (κ1) is 20.0. The highest BCUT2D eigenvalue weighted by molar-refractivity contribution is 6.30. The molecule has 0 spiro atoms. The van der Waals surface area contributed by atoms with E-state index in [1.165, 1.54) is 18.5 Å². The molecule has 29 heavy (non-hydrogen) atoms. The van der Waals surface area contributed by atoms with E-state index in [0.29, 0.717) is 30.1 Å². The molecule has 0 fully saturated rings. The predicted octanol–water partition coefficient (Wildman–Crippen LogP) is 2.49. The molecule has 3 rings (SSSR count). The zero-order valence-electron chi connectivity index (χ0n) is 15.1. The SMILES string of the molecule is O=C(NNc1ncnc(NCCCn2ccnc2)c1[N+](=O)[O-])c1ccc(Cl)cc1. The van der Waals surface area contributed by atoms with Crippen molar-refractivity contribution < 1.29 is 9.72 Å². The summed E-state index contributed by atoms with van der Waals surface area (Å²) in [7, 11) is 0. The van der Waals surface area contributed by atoms with Crippen LogP contribution in [0, 0.1) is 10.1 Å². The highest BCUT2D eigenvalue weighted by atomic mass is 35.5. The van der Waals surface area contributed by atoms with Crippen LogP contribution in [0.4, 0.5) is 17.3 Å². The number of hydrazine groups is 1. The van der Waals surface area contributed by atoms with Crippen LogP contribution >= 0.6 is 11.6 Å². The molecule has 0 aliphatic carbocycles. The molecule has 0 unspecified atom stereocenters. The second-order valence-electron chi connectivity index (χ2n) is 5.84. The van der Waals surface area contributed by atoms with Crippen LogP contribution in [0.1, 0.15) is 16.8 Å². The molecule has 0 aliphatic heterocycles. The number of halogens is 1. The first-order chi connectivity index (χ1) is 14.0. The average molecular weight is 417 g/mol. The fourth-order valence-electron chi connectivity index (χ4n) is 2.45. The van der Waals surface area contributed by atoms with Gasteiger partial charge in [0.2, 0.25) is 11.6 Å². The molecular weight excluding hydrogens is 400 g/mol. The Hall–Kier alpha value is -3.73. The van der Waals surface area contributed by atoms with Gasteiger partial charge >= 0.3 is 5.69 Å². The smallest absolute Gasteiger partial charge is 0.354 e. The van der Waals surface area contributed by atoms with E-state index < -0.39 is 10.8 Å². The molecule has 12 heteroatoms. The molecule has 2 aromatic heterocycles. The second kappa shape index (κ2) is 9.46. The third-order valence-corrected chi connectivity index (χ3v) is 4.10. The lowest BCUT2D eigenvalue weighted by Gasteiger charge is -2.11. The normalized spacial score (nSPS) is 10.4. The second-order valence-corrected chi connectivity index (χ2v) is 6.28. The fourth-order valence-corrected chi connectivity index (χ4v) is 2.58. The lowest BCUT2D eigenvalue weighted by molar-refractivity contribution is -0.383. The largest absolute Gasteiger partial charge is 0.364 e. The molecular formula is C17H17ClN8O3. The average Bonchev–Trinajstić information content (AvgIpc) is 3.23. The lowest BCUT2D eigenvalue weighted by Crippen LogP contribution is -2.30. The minimum atomic E-state index is -0.616. The van der Waals surface area contributed by atoms with Gasteiger partial charge in [0, 0.05) is 36.1 Å². The van der Waals surface area contributed by atoms with Crippen molar-refractivity contribution in [2.24, 2.45) is 0 Å². The maximum atomic E-state index is 12.2. The Labute approximate surface area is 170 Å². The standard InChI is InChI=1S/C17H17ClN8O3/c18-13-4-2-12(3-5-13)17(27)24-23-16-14(26(28)29)15(21-10-22-16)20-6-1-8-25-9-7-19-11-25/h2-5,7,9-11H,1,6,8H2,(H,24,27)(H2,20,21,22,23). The third-order valence-electron chi connectivity index (χ3n) is 3.85. The summed E-state index contributed by atoms with van der Waals surface area (Å²) in [5.41, 5.74) is 4.82. The number of aromatic nitrogens is 4. The molecule has 3 N–H and O–H groups in total. The van der Waals surface area contributed by atoms with Gasteiger partial charge in [0.15, 0.2) is 0 Å². The van der Waals surface area contributed by atoms with Crippen molar-refractivity contribution in [2.75, 3.05) is 17.3 Å². The number of anilines is 2. The van der Waals surface area contributed by atoms with Crippen LogP contribution in [-0.2, 0) is 6.54 Å². The summed E-state index contributed by atoms with van der Waals surface area (Å²) < 4.78 is 1.90. The number of nitrogens with zero attached hydrogens (tertiary/aromatic N) is 5. The minimum absolute atomic E-state index is 0.0545. The topological polar surface area (TPSA) is 140 Å². The Morgan fingerprint density at radius 3 is 2.66 bits per heavy atom. The van der Waals surface area contributed by atoms with Gasteiger partial charge in [-0.1, -0.05) is 11.6 Å². The molecule has 1 aromatic carbocycles. The number of hydrogen-bond acceptors (Lipinski definition) is 8. The van der Waals surface area contributed by atoms with Crippen LogP contribution in [0.25, 0.3) is 0 Å². The van der Waals surface area contributed by atoms with Gasteiger partial charge in [-0.15, -0.1) is 0 Å². The number of carbonyl (C=O) groups is 1. The molecule has 0 bridgehead atoms. The molecule has 0 atom stereocenters. The van der Waals surface area contributed by atoms with Crippen LogP contribution in [0.5, 0.6) is 0 Å². The first-order valence-electron chi connectivity index (χ1n) is 8.55. The summed E-state index contributed by atoms with van der Waals surface area (Å²) in [6.07, 6.45) is 7.07. The Morgan fingerprint density at radius 1 is 1.21 bits per heavy atom. The number of amides is 1.